The van der Waals surface area contributed by atoms with E-state index < -0.39 is 10.0 Å². The van der Waals surface area contributed by atoms with Crippen LogP contribution in [0.5, 0.6) is 0 Å². The van der Waals surface area contributed by atoms with E-state index in [-0.39, 0.29) is 4.90 Å². The number of primary sulfonamides is 1. The quantitative estimate of drug-likeness (QED) is 0.481. The van der Waals surface area contributed by atoms with Crippen molar-refractivity contribution in [3.05, 3.63) is 95.7 Å². The number of rotatable bonds is 6. The molecule has 0 saturated heterocycles. The third-order valence-corrected chi connectivity index (χ3v) is 6.27. The first-order valence-electron chi connectivity index (χ1n) is 10.1. The van der Waals surface area contributed by atoms with E-state index in [0.717, 1.165) is 16.7 Å². The van der Waals surface area contributed by atoms with Crippen LogP contribution in [0.4, 0.5) is 0 Å². The summed E-state index contributed by atoms with van der Waals surface area (Å²) in [4.78, 5) is -0.0226. The lowest BCUT2D eigenvalue weighted by molar-refractivity contribution is 0.597. The number of benzene rings is 3. The number of aromatic nitrogens is 2. The molecule has 0 fully saturated rings. The van der Waals surface area contributed by atoms with Gasteiger partial charge in [0, 0.05) is 17.7 Å². The van der Waals surface area contributed by atoms with Crippen LogP contribution in [0.2, 0.25) is 0 Å². The maximum absolute atomic E-state index is 12.3. The molecule has 1 aromatic heterocycles. The van der Waals surface area contributed by atoms with E-state index in [1.54, 1.807) is 22.9 Å². The molecule has 1 heterocycles. The average molecular weight is 443 g/mol. The molecule has 160 valence electrons. The standard InChI is InChI=1S/C25H22N4O2S/c1-18-11-13-20(14-12-18)24-22(17-26)29(16-15-19-7-3-2-4-8-19)28-25(24)21-9-5-6-10-23(21)32(27,30)31/h2-14H,15-16H2,1H3,(H2,27,30,31). The Balaban J connectivity index is 1.92. The number of hydrogen-bond donors (Lipinski definition) is 1. The Hall–Kier alpha value is -3.73. The predicted molar refractivity (Wildman–Crippen MR) is 124 cm³/mol. The number of sulfonamides is 1. The highest BCUT2D eigenvalue weighted by molar-refractivity contribution is 7.89. The van der Waals surface area contributed by atoms with Gasteiger partial charge in [0.15, 0.2) is 0 Å². The molecule has 4 rings (SSSR count). The van der Waals surface area contributed by atoms with Crippen LogP contribution in [0, 0.1) is 18.3 Å². The minimum atomic E-state index is -3.99. The lowest BCUT2D eigenvalue weighted by Crippen LogP contribution is -2.13. The fourth-order valence-electron chi connectivity index (χ4n) is 3.71. The normalized spacial score (nSPS) is 11.3. The van der Waals surface area contributed by atoms with Crippen LogP contribution in [0.25, 0.3) is 22.4 Å². The number of nitriles is 1. The zero-order valence-electron chi connectivity index (χ0n) is 17.6. The van der Waals surface area contributed by atoms with Gasteiger partial charge in [-0.1, -0.05) is 78.4 Å². The molecular weight excluding hydrogens is 420 g/mol. The van der Waals surface area contributed by atoms with E-state index >= 15 is 0 Å². The van der Waals surface area contributed by atoms with Crippen LogP contribution in [0.3, 0.4) is 0 Å². The topological polar surface area (TPSA) is 102 Å². The Bertz CT molecular complexity index is 1400. The largest absolute Gasteiger partial charge is 0.253 e. The summed E-state index contributed by atoms with van der Waals surface area (Å²) in [7, 11) is -3.99. The van der Waals surface area contributed by atoms with Crippen molar-refractivity contribution in [2.24, 2.45) is 5.14 Å². The minimum Gasteiger partial charge on any atom is -0.253 e. The van der Waals surface area contributed by atoms with Gasteiger partial charge in [0.2, 0.25) is 10.0 Å². The number of nitrogens with two attached hydrogens (primary N) is 1. The second-order valence-electron chi connectivity index (χ2n) is 7.55. The lowest BCUT2D eigenvalue weighted by atomic mass is 9.98. The third-order valence-electron chi connectivity index (χ3n) is 5.30. The molecule has 0 aliphatic heterocycles. The molecule has 0 amide bonds. The summed E-state index contributed by atoms with van der Waals surface area (Å²) in [5.74, 6) is 0. The Kier molecular flexibility index (Phi) is 5.91. The van der Waals surface area contributed by atoms with Crippen LogP contribution in [-0.4, -0.2) is 18.2 Å². The van der Waals surface area contributed by atoms with Gasteiger partial charge in [-0.25, -0.2) is 13.6 Å². The average Bonchev–Trinajstić information content (AvgIpc) is 3.17. The molecule has 0 unspecified atom stereocenters. The summed E-state index contributed by atoms with van der Waals surface area (Å²) >= 11 is 0. The van der Waals surface area contributed by atoms with Gasteiger partial charge >= 0.3 is 0 Å². The first kappa shape index (κ1) is 21.5. The summed E-state index contributed by atoms with van der Waals surface area (Å²) in [5, 5.41) is 20.2. The smallest absolute Gasteiger partial charge is 0.238 e. The van der Waals surface area contributed by atoms with Crippen molar-refractivity contribution in [2.45, 2.75) is 24.8 Å². The van der Waals surface area contributed by atoms with Crippen molar-refractivity contribution >= 4 is 10.0 Å². The van der Waals surface area contributed by atoms with Gasteiger partial charge in [0.1, 0.15) is 17.5 Å². The highest BCUT2D eigenvalue weighted by Crippen LogP contribution is 2.37. The van der Waals surface area contributed by atoms with E-state index in [1.165, 1.54) is 6.07 Å². The fraction of sp³-hybridized carbons (Fsp3) is 0.120. The van der Waals surface area contributed by atoms with Crippen molar-refractivity contribution in [3.8, 4) is 28.5 Å². The fourth-order valence-corrected chi connectivity index (χ4v) is 4.45. The molecule has 7 heteroatoms. The zero-order chi connectivity index (χ0) is 22.7. The maximum Gasteiger partial charge on any atom is 0.238 e. The second kappa shape index (κ2) is 8.79. The van der Waals surface area contributed by atoms with Crippen molar-refractivity contribution < 1.29 is 8.42 Å². The first-order valence-corrected chi connectivity index (χ1v) is 11.7. The molecule has 0 aliphatic carbocycles. The molecule has 0 aliphatic rings. The molecule has 0 saturated carbocycles. The Morgan fingerprint density at radius 2 is 1.62 bits per heavy atom. The SMILES string of the molecule is Cc1ccc(-c2c(-c3ccccc3S(N)(=O)=O)nn(CCc3ccccc3)c2C#N)cc1. The van der Waals surface area contributed by atoms with Crippen molar-refractivity contribution in [1.82, 2.24) is 9.78 Å². The number of nitrogens with zero attached hydrogens (tertiary/aromatic N) is 3. The van der Waals surface area contributed by atoms with Gasteiger partial charge < -0.3 is 0 Å². The van der Waals surface area contributed by atoms with Crippen LogP contribution >= 0.6 is 0 Å². The summed E-state index contributed by atoms with van der Waals surface area (Å²) < 4.78 is 26.2. The summed E-state index contributed by atoms with van der Waals surface area (Å²) in [6.07, 6.45) is 0.681. The predicted octanol–water partition coefficient (Wildman–Crippen LogP) is 4.29. The van der Waals surface area contributed by atoms with E-state index in [0.29, 0.717) is 35.5 Å². The van der Waals surface area contributed by atoms with Gasteiger partial charge in [0.25, 0.3) is 0 Å². The van der Waals surface area contributed by atoms with Crippen LogP contribution in [0.15, 0.2) is 83.8 Å². The van der Waals surface area contributed by atoms with Crippen molar-refractivity contribution in [2.75, 3.05) is 0 Å². The molecule has 0 bridgehead atoms. The van der Waals surface area contributed by atoms with E-state index in [2.05, 4.69) is 6.07 Å². The number of hydrogen-bond acceptors (Lipinski definition) is 4. The molecule has 2 N–H and O–H groups in total. The van der Waals surface area contributed by atoms with E-state index in [9.17, 15) is 13.7 Å². The van der Waals surface area contributed by atoms with Gasteiger partial charge in [-0.2, -0.15) is 10.4 Å². The highest BCUT2D eigenvalue weighted by Gasteiger charge is 2.25. The molecule has 3 aromatic carbocycles. The summed E-state index contributed by atoms with van der Waals surface area (Å²) in [6, 6.07) is 26.4. The number of aryl methyl sites for hydroxylation is 3. The lowest BCUT2D eigenvalue weighted by Gasteiger charge is -2.08. The molecular formula is C25H22N4O2S. The van der Waals surface area contributed by atoms with Gasteiger partial charge in [-0.15, -0.1) is 0 Å². The van der Waals surface area contributed by atoms with E-state index in [1.807, 2.05) is 61.5 Å². The summed E-state index contributed by atoms with van der Waals surface area (Å²) in [5.41, 5.74) is 4.76. The second-order valence-corrected chi connectivity index (χ2v) is 9.08. The van der Waals surface area contributed by atoms with Crippen molar-refractivity contribution in [1.29, 1.82) is 5.26 Å². The minimum absolute atomic E-state index is 0.0226. The molecule has 0 atom stereocenters. The molecule has 32 heavy (non-hydrogen) atoms. The van der Waals surface area contributed by atoms with Crippen LogP contribution in [-0.2, 0) is 23.0 Å². The first-order chi connectivity index (χ1) is 15.4. The van der Waals surface area contributed by atoms with Crippen LogP contribution < -0.4 is 5.14 Å². The maximum atomic E-state index is 12.3. The third kappa shape index (κ3) is 4.33. The zero-order valence-corrected chi connectivity index (χ0v) is 18.4. The van der Waals surface area contributed by atoms with Crippen LogP contribution in [0.1, 0.15) is 16.8 Å². The Labute approximate surface area is 187 Å². The van der Waals surface area contributed by atoms with Crippen molar-refractivity contribution in [3.63, 3.8) is 0 Å². The highest BCUT2D eigenvalue weighted by atomic mass is 32.2. The van der Waals surface area contributed by atoms with Gasteiger partial charge in [-0.05, 0) is 30.5 Å². The van der Waals surface area contributed by atoms with Gasteiger partial charge in [0.05, 0.1) is 4.90 Å². The molecule has 0 radical (unpaired) electrons. The Morgan fingerprint density at radius 1 is 0.969 bits per heavy atom. The summed E-state index contributed by atoms with van der Waals surface area (Å²) in [6.45, 7) is 2.46. The molecule has 6 nitrogen and oxygen atoms in total. The van der Waals surface area contributed by atoms with Gasteiger partial charge in [-0.3, -0.25) is 4.68 Å². The monoisotopic (exact) mass is 442 g/mol. The molecule has 0 spiro atoms. The molecule has 4 aromatic rings. The van der Waals surface area contributed by atoms with E-state index in [4.69, 9.17) is 10.2 Å². The Morgan fingerprint density at radius 3 is 2.28 bits per heavy atom.